The van der Waals surface area contributed by atoms with Gasteiger partial charge in [-0.3, -0.25) is 14.0 Å². The Morgan fingerprint density at radius 1 is 1.23 bits per heavy atom. The largest absolute Gasteiger partial charge is 0.484 e. The molecule has 0 fully saturated rings. The molecule has 0 aliphatic heterocycles. The minimum absolute atomic E-state index is 0.00918. The van der Waals surface area contributed by atoms with Crippen molar-refractivity contribution in [1.82, 2.24) is 19.4 Å². The number of amides is 1. The predicted molar refractivity (Wildman–Crippen MR) is 127 cm³/mol. The molecule has 0 bridgehead atoms. The highest BCUT2D eigenvalue weighted by atomic mass is 32.2. The SMILES string of the molecule is CC(=O)SCCN(C)C(=O)n1c([S@@](=O)Cc2nccc(OCC(F)(F)F)c2C)nc2ccccc21. The van der Waals surface area contributed by atoms with E-state index in [9.17, 15) is 27.0 Å². The lowest BCUT2D eigenvalue weighted by atomic mass is 10.2. The molecular formula is C22H23F3N4O4S2. The van der Waals surface area contributed by atoms with E-state index >= 15 is 0 Å². The zero-order chi connectivity index (χ0) is 25.8. The number of ether oxygens (including phenoxy) is 1. The molecule has 0 saturated heterocycles. The molecule has 0 spiro atoms. The van der Waals surface area contributed by atoms with Crippen molar-refractivity contribution in [3.05, 3.63) is 47.8 Å². The molecule has 3 rings (SSSR count). The van der Waals surface area contributed by atoms with Gasteiger partial charge in [0.15, 0.2) is 11.7 Å². The van der Waals surface area contributed by atoms with Crippen LogP contribution in [0.4, 0.5) is 18.0 Å². The number of hydrogen-bond acceptors (Lipinski definition) is 7. The lowest BCUT2D eigenvalue weighted by molar-refractivity contribution is -0.153. The van der Waals surface area contributed by atoms with E-state index in [0.717, 1.165) is 11.8 Å². The van der Waals surface area contributed by atoms with Crippen molar-refractivity contribution in [2.75, 3.05) is 26.0 Å². The molecular weight excluding hydrogens is 505 g/mol. The molecule has 0 radical (unpaired) electrons. The molecule has 1 amide bonds. The van der Waals surface area contributed by atoms with Crippen LogP contribution in [0, 0.1) is 6.92 Å². The molecule has 1 aromatic carbocycles. The van der Waals surface area contributed by atoms with Gasteiger partial charge in [-0.1, -0.05) is 23.9 Å². The highest BCUT2D eigenvalue weighted by Gasteiger charge is 2.29. The van der Waals surface area contributed by atoms with Crippen molar-refractivity contribution in [2.24, 2.45) is 0 Å². The molecule has 35 heavy (non-hydrogen) atoms. The van der Waals surface area contributed by atoms with Crippen LogP contribution in [0.15, 0.2) is 41.7 Å². The van der Waals surface area contributed by atoms with Gasteiger partial charge in [0.2, 0.25) is 5.16 Å². The number of alkyl halides is 3. The Labute approximate surface area is 206 Å². The Balaban J connectivity index is 1.89. The second-order valence-electron chi connectivity index (χ2n) is 7.54. The third-order valence-electron chi connectivity index (χ3n) is 4.90. The Kier molecular flexibility index (Phi) is 8.54. The molecule has 8 nitrogen and oxygen atoms in total. The van der Waals surface area contributed by atoms with Crippen LogP contribution >= 0.6 is 11.8 Å². The van der Waals surface area contributed by atoms with Gasteiger partial charge in [0, 0.05) is 38.0 Å². The second-order valence-corrected chi connectivity index (χ2v) is 10.2. The third-order valence-corrected chi connectivity index (χ3v) is 6.91. The lowest BCUT2D eigenvalue weighted by Crippen LogP contribution is -2.34. The average molecular weight is 529 g/mol. The highest BCUT2D eigenvalue weighted by Crippen LogP contribution is 2.26. The average Bonchev–Trinajstić information content (AvgIpc) is 3.18. The van der Waals surface area contributed by atoms with Crippen molar-refractivity contribution in [1.29, 1.82) is 0 Å². The molecule has 2 heterocycles. The van der Waals surface area contributed by atoms with Crippen LogP contribution < -0.4 is 4.74 Å². The number of halogens is 3. The smallest absolute Gasteiger partial charge is 0.422 e. The second kappa shape index (κ2) is 11.2. The fourth-order valence-corrected chi connectivity index (χ4v) is 5.04. The molecule has 3 aromatic rings. The first-order valence-electron chi connectivity index (χ1n) is 10.4. The van der Waals surface area contributed by atoms with Crippen LogP contribution in [-0.4, -0.2) is 66.9 Å². The number of thioether (sulfide) groups is 1. The van der Waals surface area contributed by atoms with E-state index in [2.05, 4.69) is 9.97 Å². The first-order valence-corrected chi connectivity index (χ1v) is 12.7. The molecule has 0 N–H and O–H groups in total. The first kappa shape index (κ1) is 26.7. The number of fused-ring (bicyclic) bond motifs is 1. The molecule has 0 unspecified atom stereocenters. The normalized spacial score (nSPS) is 12.5. The van der Waals surface area contributed by atoms with Crippen LogP contribution in [0.3, 0.4) is 0 Å². The lowest BCUT2D eigenvalue weighted by Gasteiger charge is -2.18. The summed E-state index contributed by atoms with van der Waals surface area (Å²) in [6, 6.07) is 7.64. The summed E-state index contributed by atoms with van der Waals surface area (Å²) < 4.78 is 57.1. The Morgan fingerprint density at radius 3 is 2.63 bits per heavy atom. The summed E-state index contributed by atoms with van der Waals surface area (Å²) in [5, 5.41) is -0.0740. The van der Waals surface area contributed by atoms with Gasteiger partial charge in [0.25, 0.3) is 0 Å². The number of para-hydroxylation sites is 2. The maximum atomic E-state index is 13.4. The van der Waals surface area contributed by atoms with E-state index in [1.807, 2.05) is 0 Å². The van der Waals surface area contributed by atoms with E-state index in [-0.39, 0.29) is 34.0 Å². The van der Waals surface area contributed by atoms with E-state index in [1.54, 1.807) is 31.3 Å². The van der Waals surface area contributed by atoms with Gasteiger partial charge in [-0.2, -0.15) is 13.2 Å². The maximum absolute atomic E-state index is 13.4. The van der Waals surface area contributed by atoms with Crippen molar-refractivity contribution in [3.63, 3.8) is 0 Å². The molecule has 13 heteroatoms. The van der Waals surface area contributed by atoms with Crippen molar-refractivity contribution in [2.45, 2.75) is 30.9 Å². The fraction of sp³-hybridized carbons (Fsp3) is 0.364. The van der Waals surface area contributed by atoms with Crippen molar-refractivity contribution >= 4 is 44.7 Å². The number of aromatic nitrogens is 3. The number of hydrogen-bond donors (Lipinski definition) is 0. The molecule has 0 aliphatic rings. The topological polar surface area (TPSA) is 94.4 Å². The number of carbonyl (C=O) groups excluding carboxylic acids is 2. The number of benzene rings is 1. The summed E-state index contributed by atoms with van der Waals surface area (Å²) in [6.45, 7) is 1.79. The predicted octanol–water partition coefficient (Wildman–Crippen LogP) is 4.17. The Bertz CT molecular complexity index is 1260. The van der Waals surface area contributed by atoms with Crippen molar-refractivity contribution in [3.8, 4) is 5.75 Å². The first-order chi connectivity index (χ1) is 16.5. The van der Waals surface area contributed by atoms with E-state index in [0.29, 0.717) is 22.3 Å². The van der Waals surface area contributed by atoms with Gasteiger partial charge < -0.3 is 9.64 Å². The van der Waals surface area contributed by atoms with Gasteiger partial charge in [-0.05, 0) is 25.1 Å². The summed E-state index contributed by atoms with van der Waals surface area (Å²) in [6.07, 6.45) is -3.22. The zero-order valence-corrected chi connectivity index (χ0v) is 20.8. The number of pyridine rings is 1. The van der Waals surface area contributed by atoms with Crippen LogP contribution in [-0.2, 0) is 21.3 Å². The zero-order valence-electron chi connectivity index (χ0n) is 19.2. The Hall–Kier alpha value is -2.93. The monoisotopic (exact) mass is 528 g/mol. The number of imidazole rings is 1. The van der Waals surface area contributed by atoms with Crippen molar-refractivity contribution < 1.29 is 31.7 Å². The fourth-order valence-electron chi connectivity index (χ4n) is 3.14. The van der Waals surface area contributed by atoms with E-state index < -0.39 is 29.6 Å². The van der Waals surface area contributed by atoms with Gasteiger partial charge >= 0.3 is 12.2 Å². The van der Waals surface area contributed by atoms with Gasteiger partial charge in [-0.15, -0.1) is 0 Å². The molecule has 1 atom stereocenters. The maximum Gasteiger partial charge on any atom is 0.422 e. The van der Waals surface area contributed by atoms with E-state index in [1.165, 1.54) is 35.6 Å². The van der Waals surface area contributed by atoms with Crippen LogP contribution in [0.25, 0.3) is 11.0 Å². The van der Waals surface area contributed by atoms with Crippen LogP contribution in [0.1, 0.15) is 18.2 Å². The number of rotatable bonds is 8. The molecule has 188 valence electrons. The standard InChI is InChI=1S/C22H23F3N4O4S2/c1-14-17(26-9-8-19(14)33-13-22(23,24)25)12-35(32)20-27-16-6-4-5-7-18(16)29(20)21(31)28(3)10-11-34-15(2)30/h4-9H,10-13H2,1-3H3/t35-/m0/s1. The number of carbonyl (C=O) groups is 2. The van der Waals surface area contributed by atoms with Crippen LogP contribution in [0.2, 0.25) is 0 Å². The minimum atomic E-state index is -4.50. The van der Waals surface area contributed by atoms with Gasteiger partial charge in [0.05, 0.1) is 33.3 Å². The summed E-state index contributed by atoms with van der Waals surface area (Å²) in [5.74, 6) is 0.197. The summed E-state index contributed by atoms with van der Waals surface area (Å²) in [5.41, 5.74) is 1.50. The molecule has 2 aromatic heterocycles. The molecule has 0 aliphatic carbocycles. The van der Waals surface area contributed by atoms with Gasteiger partial charge in [0.1, 0.15) is 5.75 Å². The van der Waals surface area contributed by atoms with Crippen LogP contribution in [0.5, 0.6) is 5.75 Å². The highest BCUT2D eigenvalue weighted by molar-refractivity contribution is 8.13. The van der Waals surface area contributed by atoms with E-state index in [4.69, 9.17) is 4.74 Å². The van der Waals surface area contributed by atoms with Gasteiger partial charge in [-0.25, -0.2) is 14.3 Å². The quantitative estimate of drug-likeness (QED) is 0.433. The summed E-state index contributed by atoms with van der Waals surface area (Å²) in [4.78, 5) is 34.4. The third kappa shape index (κ3) is 6.82. The molecule has 0 saturated carbocycles. The summed E-state index contributed by atoms with van der Waals surface area (Å²) >= 11 is 1.09. The minimum Gasteiger partial charge on any atom is -0.484 e. The Morgan fingerprint density at radius 2 is 1.94 bits per heavy atom. The summed E-state index contributed by atoms with van der Waals surface area (Å²) in [7, 11) is -0.296. The number of nitrogens with zero attached hydrogens (tertiary/aromatic N) is 4.